The molecule has 5 heteroatoms. The fourth-order valence-corrected chi connectivity index (χ4v) is 6.24. The summed E-state index contributed by atoms with van der Waals surface area (Å²) in [6.45, 7) is 0. The lowest BCUT2D eigenvalue weighted by atomic mass is 10.1. The molecule has 6 rings (SSSR count). The minimum atomic E-state index is 1.06. The summed E-state index contributed by atoms with van der Waals surface area (Å²) in [6, 6.07) is 25.7. The van der Waals surface area contributed by atoms with Gasteiger partial charge >= 0.3 is 0 Å². The van der Waals surface area contributed by atoms with Gasteiger partial charge in [0.1, 0.15) is 12.1 Å². The van der Waals surface area contributed by atoms with Crippen molar-refractivity contribution in [2.75, 3.05) is 11.9 Å². The van der Waals surface area contributed by atoms with Crippen LogP contribution < -0.4 is 9.47 Å². The first kappa shape index (κ1) is 20.2. The van der Waals surface area contributed by atoms with E-state index in [1.807, 2.05) is 17.8 Å². The third kappa shape index (κ3) is 3.63. The van der Waals surface area contributed by atoms with E-state index in [1.54, 1.807) is 11.3 Å². The van der Waals surface area contributed by atoms with E-state index in [0.29, 0.717) is 0 Å². The Kier molecular flexibility index (Phi) is 5.01. The molecule has 33 heavy (non-hydrogen) atoms. The van der Waals surface area contributed by atoms with Crippen LogP contribution in [0.25, 0.3) is 37.8 Å². The van der Waals surface area contributed by atoms with Gasteiger partial charge in [-0.1, -0.05) is 48.2 Å². The molecule has 5 aromatic rings. The van der Waals surface area contributed by atoms with E-state index in [1.165, 1.54) is 36.8 Å². The van der Waals surface area contributed by atoms with Gasteiger partial charge in [0.05, 0.1) is 26.3 Å². The van der Waals surface area contributed by atoms with Gasteiger partial charge in [0.15, 0.2) is 6.20 Å². The van der Waals surface area contributed by atoms with Gasteiger partial charge in [-0.05, 0) is 48.0 Å². The molecule has 1 aliphatic heterocycles. The smallest absolute Gasteiger partial charge is 0.212 e. The van der Waals surface area contributed by atoms with Gasteiger partial charge in [-0.2, -0.15) is 0 Å². The third-order valence-electron chi connectivity index (χ3n) is 5.99. The topological polar surface area (TPSA) is 20.0 Å². The molecule has 0 radical (unpaired) electrons. The average Bonchev–Trinajstić information content (AvgIpc) is 3.42. The van der Waals surface area contributed by atoms with Crippen molar-refractivity contribution in [3.63, 3.8) is 0 Å². The van der Waals surface area contributed by atoms with Gasteiger partial charge in [0.2, 0.25) is 5.52 Å². The van der Waals surface area contributed by atoms with Gasteiger partial charge in [-0.25, -0.2) is 9.55 Å². The van der Waals surface area contributed by atoms with Crippen molar-refractivity contribution >= 4 is 56.0 Å². The molecule has 0 atom stereocenters. The second-order valence-corrected chi connectivity index (χ2v) is 10.2. The SMILES string of the molecule is CN1/C(=C/C=C\c2cc[n+](C)c3ccc(-c4nc5ccccc5s4)cc23)Sc2ccccc21. The van der Waals surface area contributed by atoms with Gasteiger partial charge in [-0.3, -0.25) is 0 Å². The maximum atomic E-state index is 4.86. The van der Waals surface area contributed by atoms with Crippen LogP contribution in [0.1, 0.15) is 5.56 Å². The Morgan fingerprint density at radius 1 is 0.970 bits per heavy atom. The normalized spacial score (nSPS) is 14.7. The lowest BCUT2D eigenvalue weighted by Gasteiger charge is -2.12. The Labute approximate surface area is 201 Å². The summed E-state index contributed by atoms with van der Waals surface area (Å²) in [5.74, 6) is 0. The van der Waals surface area contributed by atoms with Crippen LogP contribution in [0.4, 0.5) is 5.69 Å². The van der Waals surface area contributed by atoms with Crippen molar-refractivity contribution in [1.29, 1.82) is 0 Å². The molecule has 0 amide bonds. The minimum absolute atomic E-state index is 1.06. The van der Waals surface area contributed by atoms with Crippen LogP contribution in [0, 0.1) is 0 Å². The summed E-state index contributed by atoms with van der Waals surface area (Å²) >= 11 is 3.56. The molecular weight excluding hydrogens is 442 g/mol. The minimum Gasteiger partial charge on any atom is -0.338 e. The molecule has 0 saturated carbocycles. The number of hydrogen-bond acceptors (Lipinski definition) is 4. The summed E-state index contributed by atoms with van der Waals surface area (Å²) in [5, 5.41) is 3.51. The molecule has 160 valence electrons. The van der Waals surface area contributed by atoms with Gasteiger partial charge < -0.3 is 4.90 Å². The van der Waals surface area contributed by atoms with Crippen LogP contribution in [-0.2, 0) is 7.05 Å². The number of nitrogens with zero attached hydrogens (tertiary/aromatic N) is 3. The standard InChI is InChI=1S/C28H22N3S2/c1-30-17-16-19(8-7-13-27-31(2)24-10-4-6-12-26(24)32-27)21-18-20(14-15-23(21)30)28-29-22-9-3-5-11-25(22)33-28/h3-18H,1-2H3/q+1. The van der Waals surface area contributed by atoms with Crippen molar-refractivity contribution in [2.24, 2.45) is 7.05 Å². The number of aryl methyl sites for hydroxylation is 1. The second-order valence-electron chi connectivity index (χ2n) is 8.09. The number of thioether (sulfide) groups is 1. The van der Waals surface area contributed by atoms with E-state index in [2.05, 4.69) is 115 Å². The Balaban J connectivity index is 1.37. The largest absolute Gasteiger partial charge is 0.338 e. The van der Waals surface area contributed by atoms with E-state index < -0.39 is 0 Å². The van der Waals surface area contributed by atoms with E-state index in [0.717, 1.165) is 16.1 Å². The summed E-state index contributed by atoms with van der Waals surface area (Å²) in [6.07, 6.45) is 8.68. The quantitative estimate of drug-likeness (QED) is 0.267. The number of thiazole rings is 1. The number of anilines is 1. The van der Waals surface area contributed by atoms with Crippen molar-refractivity contribution in [3.8, 4) is 10.6 Å². The summed E-state index contributed by atoms with van der Waals surface area (Å²) in [5.41, 5.74) is 5.88. The van der Waals surface area contributed by atoms with Crippen LogP contribution in [-0.4, -0.2) is 12.0 Å². The van der Waals surface area contributed by atoms with Crippen molar-refractivity contribution < 1.29 is 4.57 Å². The number of allylic oxidation sites excluding steroid dienone is 2. The van der Waals surface area contributed by atoms with Gasteiger partial charge in [-0.15, -0.1) is 11.3 Å². The Hall–Kier alpha value is -3.41. The first-order valence-electron chi connectivity index (χ1n) is 10.8. The molecule has 0 saturated heterocycles. The highest BCUT2D eigenvalue weighted by Gasteiger charge is 2.20. The Bertz CT molecular complexity index is 1550. The predicted octanol–water partition coefficient (Wildman–Crippen LogP) is 7.04. The summed E-state index contributed by atoms with van der Waals surface area (Å²) in [7, 11) is 4.22. The first-order valence-corrected chi connectivity index (χ1v) is 12.5. The number of fused-ring (bicyclic) bond motifs is 3. The van der Waals surface area contributed by atoms with Gasteiger partial charge in [0, 0.05) is 29.6 Å². The van der Waals surface area contributed by atoms with E-state index >= 15 is 0 Å². The highest BCUT2D eigenvalue weighted by molar-refractivity contribution is 8.03. The number of hydrogen-bond donors (Lipinski definition) is 0. The maximum Gasteiger partial charge on any atom is 0.212 e. The van der Waals surface area contributed by atoms with Crippen LogP contribution in [0.2, 0.25) is 0 Å². The van der Waals surface area contributed by atoms with Crippen molar-refractivity contribution in [3.05, 3.63) is 102 Å². The van der Waals surface area contributed by atoms with E-state index in [4.69, 9.17) is 4.98 Å². The molecular formula is C28H22N3S2+. The molecule has 0 unspecified atom stereocenters. The fourth-order valence-electron chi connectivity index (χ4n) is 4.21. The van der Waals surface area contributed by atoms with E-state index in [9.17, 15) is 0 Å². The Morgan fingerprint density at radius 3 is 2.70 bits per heavy atom. The zero-order chi connectivity index (χ0) is 22.4. The molecule has 0 bridgehead atoms. The monoisotopic (exact) mass is 464 g/mol. The molecule has 0 spiro atoms. The van der Waals surface area contributed by atoms with Crippen molar-refractivity contribution in [1.82, 2.24) is 4.98 Å². The van der Waals surface area contributed by atoms with E-state index in [-0.39, 0.29) is 0 Å². The highest BCUT2D eigenvalue weighted by Crippen LogP contribution is 2.44. The third-order valence-corrected chi connectivity index (χ3v) is 8.26. The number of pyridine rings is 1. The molecule has 3 nitrogen and oxygen atoms in total. The zero-order valence-electron chi connectivity index (χ0n) is 18.4. The zero-order valence-corrected chi connectivity index (χ0v) is 20.0. The lowest BCUT2D eigenvalue weighted by Crippen LogP contribution is -2.28. The highest BCUT2D eigenvalue weighted by atomic mass is 32.2. The second kappa shape index (κ2) is 8.18. The van der Waals surface area contributed by atoms with Gasteiger partial charge in [0.25, 0.3) is 0 Å². The summed E-state index contributed by atoms with van der Waals surface area (Å²) < 4.78 is 3.39. The summed E-state index contributed by atoms with van der Waals surface area (Å²) in [4.78, 5) is 8.41. The molecule has 0 N–H and O–H groups in total. The molecule has 3 aromatic carbocycles. The molecule has 1 aliphatic rings. The number of para-hydroxylation sites is 2. The number of benzene rings is 3. The van der Waals surface area contributed by atoms with Crippen LogP contribution in [0.3, 0.4) is 0 Å². The average molecular weight is 465 g/mol. The Morgan fingerprint density at radius 2 is 1.82 bits per heavy atom. The molecule has 2 aromatic heterocycles. The molecule has 0 fully saturated rings. The fraction of sp³-hybridized carbons (Fsp3) is 0.0714. The molecule has 0 aliphatic carbocycles. The predicted molar refractivity (Wildman–Crippen MR) is 142 cm³/mol. The van der Waals surface area contributed by atoms with Crippen LogP contribution in [0.5, 0.6) is 0 Å². The lowest BCUT2D eigenvalue weighted by molar-refractivity contribution is -0.644. The van der Waals surface area contributed by atoms with Crippen LogP contribution >= 0.6 is 23.1 Å². The number of rotatable bonds is 3. The maximum absolute atomic E-state index is 4.86. The van der Waals surface area contributed by atoms with Crippen LogP contribution in [0.15, 0.2) is 101 Å². The first-order chi connectivity index (χ1) is 16.2. The number of aromatic nitrogens is 2. The van der Waals surface area contributed by atoms with Crippen molar-refractivity contribution in [2.45, 2.75) is 4.90 Å². The molecule has 3 heterocycles.